The van der Waals surface area contributed by atoms with Gasteiger partial charge in [0.2, 0.25) is 0 Å². The van der Waals surface area contributed by atoms with Gasteiger partial charge in [0.1, 0.15) is 17.1 Å². The monoisotopic (exact) mass is 242 g/mol. The molecule has 0 radical (unpaired) electrons. The second-order valence-electron chi connectivity index (χ2n) is 4.23. The van der Waals surface area contributed by atoms with Crippen LogP contribution < -0.4 is 4.74 Å². The number of rotatable bonds is 3. The Morgan fingerprint density at radius 3 is 2.28 bits per heavy atom. The molecule has 1 N–H and O–H groups in total. The van der Waals surface area contributed by atoms with E-state index in [9.17, 15) is 4.79 Å². The van der Waals surface area contributed by atoms with Crippen molar-refractivity contribution in [2.24, 2.45) is 0 Å². The van der Waals surface area contributed by atoms with Crippen molar-refractivity contribution in [3.63, 3.8) is 0 Å². The summed E-state index contributed by atoms with van der Waals surface area (Å²) in [5.41, 5.74) is 2.33. The Labute approximate surface area is 106 Å². The highest BCUT2D eigenvalue weighted by Gasteiger charge is 2.11. The molecule has 0 saturated heterocycles. The fraction of sp³-hybridized carbons (Fsp3) is 0.133. The average Bonchev–Trinajstić information content (AvgIpc) is 2.27. The van der Waals surface area contributed by atoms with Gasteiger partial charge < -0.3 is 9.84 Å². The number of hydrogen-bond donors (Lipinski definition) is 1. The topological polar surface area (TPSA) is 46.5 Å². The van der Waals surface area contributed by atoms with E-state index in [2.05, 4.69) is 0 Å². The maximum absolute atomic E-state index is 11.1. The van der Waals surface area contributed by atoms with Crippen molar-refractivity contribution < 1.29 is 14.6 Å². The van der Waals surface area contributed by atoms with Crippen LogP contribution in [-0.4, -0.2) is 11.1 Å². The summed E-state index contributed by atoms with van der Waals surface area (Å²) in [4.78, 5) is 11.1. The van der Waals surface area contributed by atoms with E-state index in [0.29, 0.717) is 11.5 Å². The van der Waals surface area contributed by atoms with E-state index < -0.39 is 5.97 Å². The lowest BCUT2D eigenvalue weighted by Gasteiger charge is -2.10. The number of carboxylic acid groups (broad SMARTS) is 1. The van der Waals surface area contributed by atoms with Gasteiger partial charge >= 0.3 is 5.97 Å². The van der Waals surface area contributed by atoms with Crippen LogP contribution in [0, 0.1) is 13.8 Å². The Bertz CT molecular complexity index is 568. The minimum Gasteiger partial charge on any atom is -0.478 e. The molecule has 2 rings (SSSR count). The first-order valence-electron chi connectivity index (χ1n) is 5.65. The van der Waals surface area contributed by atoms with Crippen LogP contribution in [0.15, 0.2) is 42.5 Å². The highest BCUT2D eigenvalue weighted by molar-refractivity contribution is 5.90. The summed E-state index contributed by atoms with van der Waals surface area (Å²) in [7, 11) is 0. The zero-order valence-corrected chi connectivity index (χ0v) is 10.3. The molecule has 2 aromatic carbocycles. The summed E-state index contributed by atoms with van der Waals surface area (Å²) >= 11 is 0. The van der Waals surface area contributed by atoms with Crippen molar-refractivity contribution in [1.29, 1.82) is 0 Å². The maximum Gasteiger partial charge on any atom is 0.339 e. The van der Waals surface area contributed by atoms with Gasteiger partial charge in [-0.3, -0.25) is 0 Å². The molecule has 18 heavy (non-hydrogen) atoms. The fourth-order valence-electron chi connectivity index (χ4n) is 1.85. The van der Waals surface area contributed by atoms with Crippen molar-refractivity contribution in [1.82, 2.24) is 0 Å². The number of para-hydroxylation sites is 1. The van der Waals surface area contributed by atoms with E-state index in [1.807, 2.05) is 32.0 Å². The summed E-state index contributed by atoms with van der Waals surface area (Å²) < 4.78 is 5.65. The van der Waals surface area contributed by atoms with Gasteiger partial charge in [-0.25, -0.2) is 4.79 Å². The van der Waals surface area contributed by atoms with Gasteiger partial charge in [-0.1, -0.05) is 18.2 Å². The maximum atomic E-state index is 11.1. The molecule has 0 unspecified atom stereocenters. The molecule has 0 amide bonds. The molecule has 3 heteroatoms. The Hall–Kier alpha value is -2.29. The van der Waals surface area contributed by atoms with E-state index in [4.69, 9.17) is 9.84 Å². The van der Waals surface area contributed by atoms with Gasteiger partial charge in [-0.15, -0.1) is 0 Å². The van der Waals surface area contributed by atoms with E-state index in [-0.39, 0.29) is 5.56 Å². The average molecular weight is 242 g/mol. The van der Waals surface area contributed by atoms with Gasteiger partial charge in [0, 0.05) is 0 Å². The van der Waals surface area contributed by atoms with Crippen LogP contribution in [0.3, 0.4) is 0 Å². The number of aryl methyl sites for hydroxylation is 2. The molecule has 0 spiro atoms. The Kier molecular flexibility index (Phi) is 3.33. The minimum atomic E-state index is -0.991. The van der Waals surface area contributed by atoms with Crippen LogP contribution in [-0.2, 0) is 0 Å². The SMILES string of the molecule is Cc1cc(C)cc(Oc2ccccc2C(=O)O)c1. The first-order chi connectivity index (χ1) is 8.56. The fourth-order valence-corrected chi connectivity index (χ4v) is 1.85. The summed E-state index contributed by atoms with van der Waals surface area (Å²) in [6, 6.07) is 12.4. The van der Waals surface area contributed by atoms with Crippen molar-refractivity contribution in [2.75, 3.05) is 0 Å². The second kappa shape index (κ2) is 4.92. The number of carbonyl (C=O) groups is 1. The molecule has 3 nitrogen and oxygen atoms in total. The molecule has 0 atom stereocenters. The number of benzene rings is 2. The summed E-state index contributed by atoms with van der Waals surface area (Å²) in [6.45, 7) is 3.95. The van der Waals surface area contributed by atoms with Crippen LogP contribution in [0.5, 0.6) is 11.5 Å². The number of ether oxygens (including phenoxy) is 1. The lowest BCUT2D eigenvalue weighted by atomic mass is 10.1. The second-order valence-corrected chi connectivity index (χ2v) is 4.23. The van der Waals surface area contributed by atoms with Crippen LogP contribution in [0.25, 0.3) is 0 Å². The van der Waals surface area contributed by atoms with Crippen LogP contribution in [0.1, 0.15) is 21.5 Å². The summed E-state index contributed by atoms with van der Waals surface area (Å²) in [5, 5.41) is 9.07. The van der Waals surface area contributed by atoms with Gasteiger partial charge in [0.25, 0.3) is 0 Å². The molecule has 0 bridgehead atoms. The van der Waals surface area contributed by atoms with Crippen LogP contribution in [0.2, 0.25) is 0 Å². The third-order valence-electron chi connectivity index (χ3n) is 2.54. The van der Waals surface area contributed by atoms with Crippen molar-refractivity contribution in [3.05, 3.63) is 59.2 Å². The van der Waals surface area contributed by atoms with Crippen LogP contribution in [0.4, 0.5) is 0 Å². The molecule has 0 heterocycles. The predicted octanol–water partition coefficient (Wildman–Crippen LogP) is 3.79. The highest BCUT2D eigenvalue weighted by atomic mass is 16.5. The quantitative estimate of drug-likeness (QED) is 0.890. The number of hydrogen-bond acceptors (Lipinski definition) is 2. The summed E-state index contributed by atoms with van der Waals surface area (Å²) in [5.74, 6) is 0.0196. The molecular formula is C15H14O3. The third-order valence-corrected chi connectivity index (χ3v) is 2.54. The molecule has 0 aromatic heterocycles. The molecular weight excluding hydrogens is 228 g/mol. The van der Waals surface area contributed by atoms with Crippen molar-refractivity contribution in [3.8, 4) is 11.5 Å². The van der Waals surface area contributed by atoms with Crippen molar-refractivity contribution >= 4 is 5.97 Å². The van der Waals surface area contributed by atoms with Gasteiger partial charge in [0.05, 0.1) is 0 Å². The first kappa shape index (κ1) is 12.2. The molecule has 92 valence electrons. The number of aromatic carboxylic acids is 1. The Balaban J connectivity index is 2.37. The van der Waals surface area contributed by atoms with Crippen LogP contribution >= 0.6 is 0 Å². The van der Waals surface area contributed by atoms with E-state index in [1.165, 1.54) is 6.07 Å². The lowest BCUT2D eigenvalue weighted by Crippen LogP contribution is -1.99. The van der Waals surface area contributed by atoms with Gasteiger partial charge in [-0.2, -0.15) is 0 Å². The molecule has 0 aliphatic heterocycles. The normalized spacial score (nSPS) is 10.1. The standard InChI is InChI=1S/C15H14O3/c1-10-7-11(2)9-12(8-10)18-14-6-4-3-5-13(14)15(16)17/h3-9H,1-2H3,(H,16,17). The highest BCUT2D eigenvalue weighted by Crippen LogP contribution is 2.26. The first-order valence-corrected chi connectivity index (χ1v) is 5.65. The minimum absolute atomic E-state index is 0.164. The van der Waals surface area contributed by atoms with Gasteiger partial charge in [-0.05, 0) is 49.2 Å². The van der Waals surface area contributed by atoms with Gasteiger partial charge in [0.15, 0.2) is 0 Å². The molecule has 0 aliphatic carbocycles. The summed E-state index contributed by atoms with van der Waals surface area (Å²) in [6.07, 6.45) is 0. The lowest BCUT2D eigenvalue weighted by molar-refractivity contribution is 0.0694. The largest absolute Gasteiger partial charge is 0.478 e. The molecule has 0 saturated carbocycles. The van der Waals surface area contributed by atoms with E-state index >= 15 is 0 Å². The molecule has 0 aliphatic rings. The molecule has 2 aromatic rings. The smallest absolute Gasteiger partial charge is 0.339 e. The van der Waals surface area contributed by atoms with Crippen molar-refractivity contribution in [2.45, 2.75) is 13.8 Å². The zero-order valence-electron chi connectivity index (χ0n) is 10.3. The Morgan fingerprint density at radius 2 is 1.67 bits per heavy atom. The zero-order chi connectivity index (χ0) is 13.1. The predicted molar refractivity (Wildman–Crippen MR) is 69.4 cm³/mol. The van der Waals surface area contributed by atoms with E-state index in [0.717, 1.165) is 11.1 Å². The Morgan fingerprint density at radius 1 is 1.06 bits per heavy atom. The third kappa shape index (κ3) is 2.69. The van der Waals surface area contributed by atoms with E-state index in [1.54, 1.807) is 18.2 Å². The number of carboxylic acids is 1. The molecule has 0 fully saturated rings.